The lowest BCUT2D eigenvalue weighted by Gasteiger charge is -2.06. The molecule has 7 heteroatoms. The van der Waals surface area contributed by atoms with E-state index in [0.717, 1.165) is 16.5 Å². The zero-order valence-corrected chi connectivity index (χ0v) is 13.3. The highest BCUT2D eigenvalue weighted by atomic mass is 32.2. The summed E-state index contributed by atoms with van der Waals surface area (Å²) in [5.41, 5.74) is 0.767. The number of nitrogens with zero attached hydrogens (tertiary/aromatic N) is 4. The molecule has 1 heterocycles. The van der Waals surface area contributed by atoms with Crippen molar-refractivity contribution in [2.24, 2.45) is 5.10 Å². The van der Waals surface area contributed by atoms with Crippen molar-refractivity contribution in [2.45, 2.75) is 24.9 Å². The number of benzene rings is 1. The predicted octanol–water partition coefficient (Wildman–Crippen LogP) is 2.72. The summed E-state index contributed by atoms with van der Waals surface area (Å²) >= 11 is 1.48. The van der Waals surface area contributed by atoms with E-state index >= 15 is 0 Å². The Morgan fingerprint density at radius 3 is 2.71 bits per heavy atom. The van der Waals surface area contributed by atoms with Crippen molar-refractivity contribution in [1.29, 1.82) is 0 Å². The second-order valence-corrected chi connectivity index (χ2v) is 5.46. The van der Waals surface area contributed by atoms with E-state index in [2.05, 4.69) is 15.3 Å². The molecule has 1 aromatic heterocycles. The summed E-state index contributed by atoms with van der Waals surface area (Å²) in [6.07, 6.45) is 3.59. The summed E-state index contributed by atoms with van der Waals surface area (Å²) in [7, 11) is 1.51. The SMILES string of the molecule is COc1ccc(/C=N\n2c(SC)nnc2C(C)C)cc1O. The Hall–Kier alpha value is -2.02. The third-order valence-corrected chi connectivity index (χ3v) is 3.48. The van der Waals surface area contributed by atoms with Gasteiger partial charge in [-0.2, -0.15) is 9.78 Å². The molecule has 0 amide bonds. The molecule has 112 valence electrons. The first-order chi connectivity index (χ1) is 10.1. The Kier molecular flexibility index (Phi) is 4.85. The van der Waals surface area contributed by atoms with Gasteiger partial charge in [0.2, 0.25) is 5.16 Å². The summed E-state index contributed by atoms with van der Waals surface area (Å²) in [5.74, 6) is 1.54. The number of ether oxygens (including phenoxy) is 1. The molecule has 0 atom stereocenters. The highest BCUT2D eigenvalue weighted by molar-refractivity contribution is 7.98. The number of aromatic nitrogens is 3. The van der Waals surface area contributed by atoms with Gasteiger partial charge in [0.25, 0.3) is 0 Å². The molecule has 0 unspecified atom stereocenters. The molecule has 0 bridgehead atoms. The molecule has 0 saturated carbocycles. The number of phenols is 1. The number of hydrogen-bond acceptors (Lipinski definition) is 6. The molecular weight excluding hydrogens is 288 g/mol. The number of aromatic hydroxyl groups is 1. The van der Waals surface area contributed by atoms with Crippen molar-refractivity contribution in [3.05, 3.63) is 29.6 Å². The molecule has 0 radical (unpaired) electrons. The summed E-state index contributed by atoms with van der Waals surface area (Å²) < 4.78 is 6.73. The van der Waals surface area contributed by atoms with Crippen molar-refractivity contribution in [1.82, 2.24) is 14.9 Å². The van der Waals surface area contributed by atoms with Gasteiger partial charge in [-0.15, -0.1) is 10.2 Å². The van der Waals surface area contributed by atoms with Crippen molar-refractivity contribution >= 4 is 18.0 Å². The number of phenolic OH excluding ortho intramolecular Hbond substituents is 1. The van der Waals surface area contributed by atoms with Crippen LogP contribution >= 0.6 is 11.8 Å². The van der Waals surface area contributed by atoms with Gasteiger partial charge in [-0.1, -0.05) is 25.6 Å². The highest BCUT2D eigenvalue weighted by Gasteiger charge is 2.13. The monoisotopic (exact) mass is 306 g/mol. The molecular formula is C14H18N4O2S. The maximum Gasteiger partial charge on any atom is 0.211 e. The van der Waals surface area contributed by atoms with Crippen LogP contribution in [0.2, 0.25) is 0 Å². The fraction of sp³-hybridized carbons (Fsp3) is 0.357. The van der Waals surface area contributed by atoms with Crippen LogP contribution in [0.1, 0.15) is 31.2 Å². The summed E-state index contributed by atoms with van der Waals surface area (Å²) in [4.78, 5) is 0. The molecule has 0 saturated heterocycles. The second-order valence-electron chi connectivity index (χ2n) is 4.69. The zero-order chi connectivity index (χ0) is 15.4. The molecule has 2 rings (SSSR count). The molecule has 0 fully saturated rings. The van der Waals surface area contributed by atoms with E-state index in [-0.39, 0.29) is 11.7 Å². The van der Waals surface area contributed by atoms with Crippen molar-refractivity contribution in [2.75, 3.05) is 13.4 Å². The first kappa shape index (κ1) is 15.4. The van der Waals surface area contributed by atoms with E-state index in [1.807, 2.05) is 26.2 Å². The lowest BCUT2D eigenvalue weighted by atomic mass is 10.2. The van der Waals surface area contributed by atoms with Crippen molar-refractivity contribution in [3.8, 4) is 11.5 Å². The Morgan fingerprint density at radius 1 is 1.38 bits per heavy atom. The van der Waals surface area contributed by atoms with Gasteiger partial charge >= 0.3 is 0 Å². The molecule has 0 aliphatic rings. The van der Waals surface area contributed by atoms with Crippen LogP contribution in [0, 0.1) is 0 Å². The molecule has 6 nitrogen and oxygen atoms in total. The highest BCUT2D eigenvalue weighted by Crippen LogP contribution is 2.25. The molecule has 0 spiro atoms. The van der Waals surface area contributed by atoms with Crippen LogP contribution in [0.4, 0.5) is 0 Å². The van der Waals surface area contributed by atoms with Crippen LogP contribution < -0.4 is 4.74 Å². The van der Waals surface area contributed by atoms with Gasteiger partial charge in [-0.3, -0.25) is 0 Å². The molecule has 21 heavy (non-hydrogen) atoms. The van der Waals surface area contributed by atoms with Gasteiger partial charge < -0.3 is 9.84 Å². The molecule has 2 aromatic rings. The van der Waals surface area contributed by atoms with Gasteiger partial charge in [0, 0.05) is 5.92 Å². The van der Waals surface area contributed by atoms with Crippen LogP contribution in [0.25, 0.3) is 0 Å². The van der Waals surface area contributed by atoms with Gasteiger partial charge in [0.15, 0.2) is 17.3 Å². The van der Waals surface area contributed by atoms with E-state index in [9.17, 15) is 5.11 Å². The summed E-state index contributed by atoms with van der Waals surface area (Å²) in [6, 6.07) is 5.11. The summed E-state index contributed by atoms with van der Waals surface area (Å²) in [5, 5.41) is 23.2. The number of hydrogen-bond donors (Lipinski definition) is 1. The quantitative estimate of drug-likeness (QED) is 0.679. The van der Waals surface area contributed by atoms with E-state index in [4.69, 9.17) is 4.74 Å². The average Bonchev–Trinajstić information content (AvgIpc) is 2.88. The first-order valence-corrected chi connectivity index (χ1v) is 7.70. The summed E-state index contributed by atoms with van der Waals surface area (Å²) in [6.45, 7) is 4.08. The van der Waals surface area contributed by atoms with E-state index in [1.54, 1.807) is 23.0 Å². The zero-order valence-electron chi connectivity index (χ0n) is 12.4. The van der Waals surface area contributed by atoms with Crippen LogP contribution in [0.5, 0.6) is 11.5 Å². The number of rotatable bonds is 5. The Bertz CT molecular complexity index is 652. The van der Waals surface area contributed by atoms with Gasteiger partial charge in [0.1, 0.15) is 0 Å². The van der Waals surface area contributed by atoms with Crippen LogP contribution in [-0.4, -0.2) is 39.6 Å². The molecule has 1 N–H and O–H groups in total. The smallest absolute Gasteiger partial charge is 0.211 e. The third kappa shape index (κ3) is 3.36. The van der Waals surface area contributed by atoms with Crippen molar-refractivity contribution in [3.63, 3.8) is 0 Å². The minimum absolute atomic E-state index is 0.0828. The van der Waals surface area contributed by atoms with Crippen LogP contribution in [0.15, 0.2) is 28.5 Å². The number of methoxy groups -OCH3 is 1. The van der Waals surface area contributed by atoms with Crippen LogP contribution in [-0.2, 0) is 0 Å². The minimum atomic E-state index is 0.0828. The Balaban J connectivity index is 2.33. The van der Waals surface area contributed by atoms with Gasteiger partial charge in [-0.05, 0) is 30.0 Å². The number of thioether (sulfide) groups is 1. The lowest BCUT2D eigenvalue weighted by molar-refractivity contribution is 0.373. The van der Waals surface area contributed by atoms with Gasteiger partial charge in [-0.25, -0.2) is 0 Å². The first-order valence-electron chi connectivity index (χ1n) is 6.47. The van der Waals surface area contributed by atoms with E-state index in [0.29, 0.717) is 5.75 Å². The largest absolute Gasteiger partial charge is 0.504 e. The second kappa shape index (κ2) is 6.62. The lowest BCUT2D eigenvalue weighted by Crippen LogP contribution is -2.02. The Morgan fingerprint density at radius 2 is 2.14 bits per heavy atom. The van der Waals surface area contributed by atoms with E-state index < -0.39 is 0 Å². The maximum absolute atomic E-state index is 9.77. The normalized spacial score (nSPS) is 11.5. The molecule has 0 aliphatic carbocycles. The molecule has 0 aliphatic heterocycles. The molecule has 1 aromatic carbocycles. The average molecular weight is 306 g/mol. The fourth-order valence-corrected chi connectivity index (χ4v) is 2.22. The maximum atomic E-state index is 9.77. The third-order valence-electron chi connectivity index (χ3n) is 2.86. The van der Waals surface area contributed by atoms with Gasteiger partial charge in [0.05, 0.1) is 13.3 Å². The van der Waals surface area contributed by atoms with E-state index in [1.165, 1.54) is 18.9 Å². The standard InChI is InChI=1S/C14H18N4O2S/c1-9(2)13-16-17-14(21-4)18(13)15-8-10-5-6-12(20-3)11(19)7-10/h5-9,19H,1-4H3/b15-8-. The van der Waals surface area contributed by atoms with Crippen molar-refractivity contribution < 1.29 is 9.84 Å². The minimum Gasteiger partial charge on any atom is -0.504 e. The topological polar surface area (TPSA) is 72.5 Å². The predicted molar refractivity (Wildman–Crippen MR) is 83.5 cm³/mol. The Labute approximate surface area is 127 Å². The fourth-order valence-electron chi connectivity index (χ4n) is 1.78. The van der Waals surface area contributed by atoms with Crippen LogP contribution in [0.3, 0.4) is 0 Å².